The summed E-state index contributed by atoms with van der Waals surface area (Å²) in [5.41, 5.74) is 0. The Morgan fingerprint density at radius 1 is 0.362 bits per heavy atom. The van der Waals surface area contributed by atoms with Crippen LogP contribution in [0, 0.1) is 0 Å². The molecule has 0 spiro atoms. The zero-order valence-corrected chi connectivity index (χ0v) is 46.1. The van der Waals surface area contributed by atoms with Gasteiger partial charge in [-0.25, -0.2) is 0 Å². The van der Waals surface area contributed by atoms with Crippen LogP contribution in [-0.4, -0.2) is 57.3 Å². The smallest absolute Gasteiger partial charge is 0.249 e. The molecule has 6 heteroatoms. The van der Waals surface area contributed by atoms with Crippen LogP contribution in [0.3, 0.4) is 0 Å². The van der Waals surface area contributed by atoms with Crippen LogP contribution in [0.2, 0.25) is 0 Å². The molecule has 1 amide bonds. The highest BCUT2D eigenvalue weighted by molar-refractivity contribution is 5.80. The molecule has 0 radical (unpaired) electrons. The lowest BCUT2D eigenvalue weighted by Gasteiger charge is -2.27. The Hall–Kier alpha value is -1.73. The predicted molar refractivity (Wildman–Crippen MR) is 302 cm³/mol. The van der Waals surface area contributed by atoms with Crippen molar-refractivity contribution < 1.29 is 25.2 Å². The van der Waals surface area contributed by atoms with Crippen molar-refractivity contribution in [2.75, 3.05) is 6.61 Å². The third kappa shape index (κ3) is 51.0. The van der Waals surface area contributed by atoms with Gasteiger partial charge < -0.3 is 25.7 Å². The molecule has 0 aromatic carbocycles. The van der Waals surface area contributed by atoms with Crippen molar-refractivity contribution >= 4 is 5.91 Å². The monoisotopic (exact) mass is 970 g/mol. The van der Waals surface area contributed by atoms with E-state index in [1.54, 1.807) is 0 Å². The maximum atomic E-state index is 12.6. The first-order chi connectivity index (χ1) is 34.0. The maximum absolute atomic E-state index is 12.6. The van der Waals surface area contributed by atoms with Gasteiger partial charge in [0, 0.05) is 0 Å². The Morgan fingerprint density at radius 2 is 0.652 bits per heavy atom. The van der Waals surface area contributed by atoms with Gasteiger partial charge in [-0.2, -0.15) is 0 Å². The van der Waals surface area contributed by atoms with E-state index in [0.29, 0.717) is 19.3 Å². The number of unbranched alkanes of at least 4 members (excludes halogenated alkanes) is 39. The average molecular weight is 971 g/mol. The zero-order valence-electron chi connectivity index (χ0n) is 46.1. The fraction of sp³-hybridized carbons (Fsp3) is 0.857. The van der Waals surface area contributed by atoms with Crippen LogP contribution in [0.15, 0.2) is 48.6 Å². The third-order valence-corrected chi connectivity index (χ3v) is 14.2. The fourth-order valence-electron chi connectivity index (χ4n) is 9.45. The van der Waals surface area contributed by atoms with E-state index in [2.05, 4.69) is 67.8 Å². The van der Waals surface area contributed by atoms with E-state index in [0.717, 1.165) is 44.9 Å². The maximum Gasteiger partial charge on any atom is 0.249 e. The van der Waals surface area contributed by atoms with Gasteiger partial charge in [-0.05, 0) is 83.5 Å². The lowest BCUT2D eigenvalue weighted by Crippen LogP contribution is -2.53. The number of aliphatic hydroxyl groups excluding tert-OH is 4. The van der Waals surface area contributed by atoms with Crippen LogP contribution < -0.4 is 5.32 Å². The summed E-state index contributed by atoms with van der Waals surface area (Å²) in [5.74, 6) is -0.595. The molecule has 0 aromatic heterocycles. The molecule has 69 heavy (non-hydrogen) atoms. The number of aliphatic hydroxyl groups is 4. The SMILES string of the molecule is CCCCCCCCCCC/C=C\C/C=C\CCCCCCCCCCCCCCCCC(O)C(=O)NC(CO)C(O)C(O)CCC/C=C/CC/C=C/CCCCCCCCCCCCCCCC. The second kappa shape index (κ2) is 57.2. The van der Waals surface area contributed by atoms with Gasteiger partial charge in [0.2, 0.25) is 5.91 Å². The van der Waals surface area contributed by atoms with Gasteiger partial charge in [0.15, 0.2) is 0 Å². The molecule has 0 bridgehead atoms. The molecular formula is C63H119NO5. The molecule has 0 fully saturated rings. The summed E-state index contributed by atoms with van der Waals surface area (Å²) in [5, 5.41) is 44.0. The molecule has 0 saturated carbocycles. The molecule has 0 saturated heterocycles. The lowest BCUT2D eigenvalue weighted by molar-refractivity contribution is -0.132. The molecular weight excluding hydrogens is 851 g/mol. The number of carbonyl (C=O) groups is 1. The number of nitrogens with one attached hydrogen (secondary N) is 1. The Balaban J connectivity index is 3.65. The first-order valence-corrected chi connectivity index (χ1v) is 30.5. The Morgan fingerprint density at radius 3 is 1.00 bits per heavy atom. The summed E-state index contributed by atoms with van der Waals surface area (Å²) < 4.78 is 0. The van der Waals surface area contributed by atoms with Crippen molar-refractivity contribution in [2.24, 2.45) is 0 Å². The molecule has 406 valence electrons. The van der Waals surface area contributed by atoms with Crippen molar-refractivity contribution in [2.45, 2.75) is 340 Å². The molecule has 0 aliphatic heterocycles. The van der Waals surface area contributed by atoms with Crippen LogP contribution >= 0.6 is 0 Å². The van der Waals surface area contributed by atoms with Crippen molar-refractivity contribution in [1.82, 2.24) is 5.32 Å². The predicted octanol–water partition coefficient (Wildman–Crippen LogP) is 18.1. The topological polar surface area (TPSA) is 110 Å². The van der Waals surface area contributed by atoms with Crippen LogP contribution in [0.4, 0.5) is 0 Å². The molecule has 0 aliphatic carbocycles. The van der Waals surface area contributed by atoms with Crippen LogP contribution in [0.5, 0.6) is 0 Å². The van der Waals surface area contributed by atoms with Crippen LogP contribution in [0.1, 0.15) is 316 Å². The molecule has 0 rings (SSSR count). The molecule has 0 heterocycles. The Labute approximate surface area is 429 Å². The average Bonchev–Trinajstić information content (AvgIpc) is 3.35. The van der Waals surface area contributed by atoms with Crippen LogP contribution in [0.25, 0.3) is 0 Å². The van der Waals surface area contributed by atoms with Crippen LogP contribution in [-0.2, 0) is 4.79 Å². The minimum atomic E-state index is -1.29. The number of carbonyl (C=O) groups excluding carboxylic acids is 1. The highest BCUT2D eigenvalue weighted by atomic mass is 16.3. The van der Waals surface area contributed by atoms with Crippen molar-refractivity contribution in [3.63, 3.8) is 0 Å². The standard InChI is InChI=1S/C63H119NO5/c1-3-5-7-9-11-13-15-17-19-21-23-25-27-28-29-30-31-32-33-35-37-39-41-43-45-47-49-51-53-55-57-61(67)63(69)64-59(58-65)62(68)60(66)56-54-52-50-48-46-44-42-40-38-36-34-26-24-22-20-18-16-14-12-10-8-6-4-2/h23,25,28-29,40,42,48,50,59-62,65-68H,3-22,24,26-27,30-39,41,43-47,49,51-58H2,1-2H3,(H,64,69)/b25-23-,29-28-,42-40+,50-48+. The van der Waals surface area contributed by atoms with Gasteiger partial charge in [-0.15, -0.1) is 0 Å². The van der Waals surface area contributed by atoms with Gasteiger partial charge in [0.05, 0.1) is 18.8 Å². The Bertz CT molecular complexity index is 1130. The molecule has 4 atom stereocenters. The van der Waals surface area contributed by atoms with Gasteiger partial charge in [-0.1, -0.05) is 281 Å². The normalized spacial score (nSPS) is 14.0. The fourth-order valence-corrected chi connectivity index (χ4v) is 9.45. The molecule has 5 N–H and O–H groups in total. The molecule has 0 aliphatic rings. The second-order valence-electron chi connectivity index (χ2n) is 21.0. The van der Waals surface area contributed by atoms with Crippen molar-refractivity contribution in [3.8, 4) is 0 Å². The summed E-state index contributed by atoms with van der Waals surface area (Å²) >= 11 is 0. The molecule has 6 nitrogen and oxygen atoms in total. The number of hydrogen-bond acceptors (Lipinski definition) is 5. The van der Waals surface area contributed by atoms with E-state index in [1.807, 2.05) is 0 Å². The number of rotatable bonds is 56. The number of allylic oxidation sites excluding steroid dienone is 8. The first kappa shape index (κ1) is 67.3. The molecule has 0 aromatic rings. The third-order valence-electron chi connectivity index (χ3n) is 14.2. The van der Waals surface area contributed by atoms with E-state index in [1.165, 1.54) is 238 Å². The summed E-state index contributed by atoms with van der Waals surface area (Å²) in [7, 11) is 0. The van der Waals surface area contributed by atoms with Gasteiger partial charge in [0.1, 0.15) is 12.2 Å². The van der Waals surface area contributed by atoms with E-state index in [9.17, 15) is 25.2 Å². The minimum Gasteiger partial charge on any atom is -0.394 e. The second-order valence-corrected chi connectivity index (χ2v) is 21.0. The summed E-state index contributed by atoms with van der Waals surface area (Å²) in [6.07, 6.45) is 73.4. The van der Waals surface area contributed by atoms with E-state index >= 15 is 0 Å². The van der Waals surface area contributed by atoms with E-state index in [-0.39, 0.29) is 0 Å². The quantitative estimate of drug-likeness (QED) is 0.0308. The summed E-state index contributed by atoms with van der Waals surface area (Å²) in [4.78, 5) is 12.6. The largest absolute Gasteiger partial charge is 0.394 e. The highest BCUT2D eigenvalue weighted by Gasteiger charge is 2.28. The number of amides is 1. The summed E-state index contributed by atoms with van der Waals surface area (Å²) in [6, 6.07) is -1.01. The van der Waals surface area contributed by atoms with Crippen molar-refractivity contribution in [3.05, 3.63) is 48.6 Å². The first-order valence-electron chi connectivity index (χ1n) is 30.5. The van der Waals surface area contributed by atoms with E-state index < -0.39 is 36.9 Å². The number of hydrogen-bond donors (Lipinski definition) is 5. The van der Waals surface area contributed by atoms with Gasteiger partial charge in [-0.3, -0.25) is 4.79 Å². The molecule has 4 unspecified atom stereocenters. The highest BCUT2D eigenvalue weighted by Crippen LogP contribution is 2.17. The zero-order chi connectivity index (χ0) is 50.2. The minimum absolute atomic E-state index is 0.359. The van der Waals surface area contributed by atoms with E-state index in [4.69, 9.17) is 0 Å². The van der Waals surface area contributed by atoms with Gasteiger partial charge in [0.25, 0.3) is 0 Å². The summed E-state index contributed by atoms with van der Waals surface area (Å²) in [6.45, 7) is 4.07. The van der Waals surface area contributed by atoms with Crippen molar-refractivity contribution in [1.29, 1.82) is 0 Å². The van der Waals surface area contributed by atoms with Gasteiger partial charge >= 0.3 is 0 Å². The Kier molecular flexibility index (Phi) is 55.7. The lowest BCUT2D eigenvalue weighted by atomic mass is 10.00.